The molecule has 0 spiro atoms. The molecule has 0 saturated heterocycles. The van der Waals surface area contributed by atoms with Gasteiger partial charge in [-0.25, -0.2) is 0 Å². The summed E-state index contributed by atoms with van der Waals surface area (Å²) in [6.45, 7) is 6.57. The zero-order valence-corrected chi connectivity index (χ0v) is 14.8. The van der Waals surface area contributed by atoms with Crippen LogP contribution in [0.5, 0.6) is 0 Å². The first-order chi connectivity index (χ1) is 11.5. The summed E-state index contributed by atoms with van der Waals surface area (Å²) >= 11 is 0. The highest BCUT2D eigenvalue weighted by molar-refractivity contribution is 5.76. The number of nitrogens with one attached hydrogen (secondary N) is 1. The Kier molecular flexibility index (Phi) is 6.56. The van der Waals surface area contributed by atoms with Gasteiger partial charge in [-0.1, -0.05) is 67.9 Å². The van der Waals surface area contributed by atoms with E-state index in [2.05, 4.69) is 31.3 Å². The second-order valence-electron chi connectivity index (χ2n) is 6.63. The van der Waals surface area contributed by atoms with Crippen molar-refractivity contribution in [1.82, 2.24) is 5.32 Å². The molecule has 0 aliphatic heterocycles. The third-order valence-corrected chi connectivity index (χ3v) is 4.24. The number of rotatable bonds is 7. The monoisotopic (exact) mass is 325 g/mol. The smallest absolute Gasteiger partial charge is 0.220 e. The number of hydrogen-bond donors (Lipinski definition) is 2. The molecule has 1 unspecified atom stereocenters. The number of carbonyl (C=O) groups is 1. The molecule has 2 aromatic carbocycles. The molecule has 3 nitrogen and oxygen atoms in total. The van der Waals surface area contributed by atoms with Crippen LogP contribution in [0.3, 0.4) is 0 Å². The Morgan fingerprint density at radius 1 is 1.00 bits per heavy atom. The second kappa shape index (κ2) is 8.65. The molecule has 2 rings (SSSR count). The Bertz CT molecular complexity index is 645. The molecule has 2 N–H and O–H groups in total. The predicted molar refractivity (Wildman–Crippen MR) is 98.0 cm³/mol. The zero-order valence-electron chi connectivity index (χ0n) is 14.8. The standard InChI is InChI=1S/C21H27NO2/c1-15(2)18-9-11-19(12-10-18)20(23)14-22-21(24)13-8-17-6-4-16(3)5-7-17/h4-7,9-12,15,20,23H,8,13-14H2,1-3H3,(H,22,24). The highest BCUT2D eigenvalue weighted by atomic mass is 16.3. The number of aliphatic hydroxyl groups is 1. The predicted octanol–water partition coefficient (Wildman–Crippen LogP) is 3.90. The molecule has 0 aliphatic carbocycles. The number of benzene rings is 2. The lowest BCUT2D eigenvalue weighted by Crippen LogP contribution is -2.28. The Morgan fingerprint density at radius 3 is 2.17 bits per heavy atom. The minimum absolute atomic E-state index is 0.0339. The summed E-state index contributed by atoms with van der Waals surface area (Å²) in [4.78, 5) is 11.9. The maximum Gasteiger partial charge on any atom is 0.220 e. The van der Waals surface area contributed by atoms with E-state index in [4.69, 9.17) is 0 Å². The first-order valence-electron chi connectivity index (χ1n) is 8.56. The van der Waals surface area contributed by atoms with E-state index in [-0.39, 0.29) is 12.5 Å². The van der Waals surface area contributed by atoms with Crippen molar-refractivity contribution in [3.63, 3.8) is 0 Å². The van der Waals surface area contributed by atoms with Crippen LogP contribution in [0, 0.1) is 6.92 Å². The van der Waals surface area contributed by atoms with Gasteiger partial charge in [0.1, 0.15) is 0 Å². The largest absolute Gasteiger partial charge is 0.387 e. The van der Waals surface area contributed by atoms with Crippen molar-refractivity contribution < 1.29 is 9.90 Å². The maximum atomic E-state index is 11.9. The third-order valence-electron chi connectivity index (χ3n) is 4.24. The van der Waals surface area contributed by atoms with Gasteiger partial charge in [0.05, 0.1) is 6.10 Å². The fraction of sp³-hybridized carbons (Fsp3) is 0.381. The molecule has 3 heteroatoms. The summed E-state index contributed by atoms with van der Waals surface area (Å²) < 4.78 is 0. The van der Waals surface area contributed by atoms with Crippen molar-refractivity contribution in [2.45, 2.75) is 45.6 Å². The van der Waals surface area contributed by atoms with Gasteiger partial charge in [0, 0.05) is 13.0 Å². The molecule has 0 heterocycles. The van der Waals surface area contributed by atoms with Crippen LogP contribution in [-0.4, -0.2) is 17.6 Å². The SMILES string of the molecule is Cc1ccc(CCC(=O)NCC(O)c2ccc(C(C)C)cc2)cc1. The molecular weight excluding hydrogens is 298 g/mol. The number of carbonyl (C=O) groups excluding carboxylic acids is 1. The lowest BCUT2D eigenvalue weighted by molar-refractivity contribution is -0.121. The zero-order chi connectivity index (χ0) is 17.5. The second-order valence-corrected chi connectivity index (χ2v) is 6.63. The van der Waals surface area contributed by atoms with Gasteiger partial charge < -0.3 is 10.4 Å². The molecule has 0 fully saturated rings. The van der Waals surface area contributed by atoms with Crippen molar-refractivity contribution in [3.8, 4) is 0 Å². The summed E-state index contributed by atoms with van der Waals surface area (Å²) in [7, 11) is 0. The van der Waals surface area contributed by atoms with Crippen molar-refractivity contribution in [2.24, 2.45) is 0 Å². The Morgan fingerprint density at radius 2 is 1.58 bits per heavy atom. The number of amides is 1. The fourth-order valence-electron chi connectivity index (χ4n) is 2.53. The van der Waals surface area contributed by atoms with Gasteiger partial charge in [0.25, 0.3) is 0 Å². The normalized spacial score (nSPS) is 12.2. The van der Waals surface area contributed by atoms with Crippen molar-refractivity contribution in [1.29, 1.82) is 0 Å². The topological polar surface area (TPSA) is 49.3 Å². The minimum Gasteiger partial charge on any atom is -0.387 e. The highest BCUT2D eigenvalue weighted by Crippen LogP contribution is 2.18. The number of aliphatic hydroxyl groups excluding tert-OH is 1. The Hall–Kier alpha value is -2.13. The van der Waals surface area contributed by atoms with Gasteiger partial charge in [0.2, 0.25) is 5.91 Å². The lowest BCUT2D eigenvalue weighted by atomic mass is 10.00. The summed E-state index contributed by atoms with van der Waals surface area (Å²) in [5, 5.41) is 13.0. The van der Waals surface area contributed by atoms with E-state index in [0.29, 0.717) is 18.8 Å². The van der Waals surface area contributed by atoms with E-state index in [1.807, 2.05) is 43.3 Å². The van der Waals surface area contributed by atoms with Crippen LogP contribution in [0.4, 0.5) is 0 Å². The van der Waals surface area contributed by atoms with Gasteiger partial charge in [0.15, 0.2) is 0 Å². The van der Waals surface area contributed by atoms with Crippen LogP contribution in [-0.2, 0) is 11.2 Å². The van der Waals surface area contributed by atoms with Crippen LogP contribution in [0.2, 0.25) is 0 Å². The quantitative estimate of drug-likeness (QED) is 0.811. The van der Waals surface area contributed by atoms with Gasteiger partial charge in [-0.3, -0.25) is 4.79 Å². The van der Waals surface area contributed by atoms with Crippen LogP contribution >= 0.6 is 0 Å². The molecule has 24 heavy (non-hydrogen) atoms. The van der Waals surface area contributed by atoms with E-state index in [1.165, 1.54) is 11.1 Å². The molecule has 1 atom stereocenters. The molecule has 0 aliphatic rings. The van der Waals surface area contributed by atoms with E-state index in [9.17, 15) is 9.90 Å². The van der Waals surface area contributed by atoms with Crippen molar-refractivity contribution in [3.05, 3.63) is 70.8 Å². The molecule has 0 saturated carbocycles. The minimum atomic E-state index is -0.672. The molecule has 0 radical (unpaired) electrons. The first-order valence-corrected chi connectivity index (χ1v) is 8.56. The van der Waals surface area contributed by atoms with Gasteiger partial charge in [-0.2, -0.15) is 0 Å². The van der Waals surface area contributed by atoms with Crippen molar-refractivity contribution >= 4 is 5.91 Å². The van der Waals surface area contributed by atoms with E-state index in [0.717, 1.165) is 11.1 Å². The molecule has 0 bridgehead atoms. The van der Waals surface area contributed by atoms with E-state index >= 15 is 0 Å². The maximum absolute atomic E-state index is 11.9. The highest BCUT2D eigenvalue weighted by Gasteiger charge is 2.10. The van der Waals surface area contributed by atoms with Crippen LogP contribution in [0.25, 0.3) is 0 Å². The third kappa shape index (κ3) is 5.50. The molecular formula is C21H27NO2. The molecule has 1 amide bonds. The van der Waals surface area contributed by atoms with Gasteiger partial charge in [-0.15, -0.1) is 0 Å². The van der Waals surface area contributed by atoms with E-state index in [1.54, 1.807) is 0 Å². The summed E-state index contributed by atoms with van der Waals surface area (Å²) in [5.74, 6) is 0.436. The van der Waals surface area contributed by atoms with Crippen LogP contribution in [0.1, 0.15) is 54.5 Å². The molecule has 2 aromatic rings. The average Bonchev–Trinajstić information content (AvgIpc) is 2.59. The first kappa shape index (κ1) is 18.2. The summed E-state index contributed by atoms with van der Waals surface area (Å²) in [6.07, 6.45) is 0.474. The van der Waals surface area contributed by atoms with Crippen molar-refractivity contribution in [2.75, 3.05) is 6.54 Å². The van der Waals surface area contributed by atoms with Crippen LogP contribution in [0.15, 0.2) is 48.5 Å². The number of aryl methyl sites for hydroxylation is 2. The Balaban J connectivity index is 1.77. The van der Waals surface area contributed by atoms with Gasteiger partial charge in [-0.05, 0) is 36.0 Å². The fourth-order valence-corrected chi connectivity index (χ4v) is 2.53. The van der Waals surface area contributed by atoms with E-state index < -0.39 is 6.10 Å². The van der Waals surface area contributed by atoms with Gasteiger partial charge >= 0.3 is 0 Å². The molecule has 0 aromatic heterocycles. The summed E-state index contributed by atoms with van der Waals surface area (Å²) in [5.41, 5.74) is 4.45. The Labute approximate surface area is 144 Å². The average molecular weight is 325 g/mol. The molecule has 128 valence electrons. The van der Waals surface area contributed by atoms with Crippen LogP contribution < -0.4 is 5.32 Å². The number of hydrogen-bond acceptors (Lipinski definition) is 2. The lowest BCUT2D eigenvalue weighted by Gasteiger charge is -2.14. The summed E-state index contributed by atoms with van der Waals surface area (Å²) in [6, 6.07) is 16.1.